The molecule has 5 unspecified atom stereocenters. The second-order valence-corrected chi connectivity index (χ2v) is 6.98. The van der Waals surface area contributed by atoms with E-state index in [1.807, 2.05) is 6.92 Å². The Kier molecular flexibility index (Phi) is 5.03. The summed E-state index contributed by atoms with van der Waals surface area (Å²) < 4.78 is 43.6. The Morgan fingerprint density at radius 2 is 1.70 bits per heavy atom. The van der Waals surface area contributed by atoms with Crippen molar-refractivity contribution in [3.8, 4) is 0 Å². The molecule has 2 bridgehead atoms. The first-order valence-corrected chi connectivity index (χ1v) is 8.50. The van der Waals surface area contributed by atoms with Crippen LogP contribution in [0.2, 0.25) is 0 Å². The van der Waals surface area contributed by atoms with E-state index in [9.17, 15) is 18.0 Å². The van der Waals surface area contributed by atoms with Gasteiger partial charge in [0.2, 0.25) is 0 Å². The maximum atomic E-state index is 11.2. The Labute approximate surface area is 136 Å². The van der Waals surface area contributed by atoms with Gasteiger partial charge < -0.3 is 14.2 Å². The number of fused-ring (bicyclic) bond motifs is 2. The third-order valence-corrected chi connectivity index (χ3v) is 5.26. The molecule has 9 heteroatoms. The molecule has 2 rings (SSSR count). The van der Waals surface area contributed by atoms with Crippen LogP contribution >= 0.6 is 0 Å². The molecule has 8 nitrogen and oxygen atoms in total. The highest BCUT2D eigenvalue weighted by Crippen LogP contribution is 2.58. The number of carbonyl (C=O) groups is 2. The summed E-state index contributed by atoms with van der Waals surface area (Å²) in [5.41, 5.74) is -1.91. The van der Waals surface area contributed by atoms with E-state index in [4.69, 9.17) is 18.4 Å². The van der Waals surface area contributed by atoms with E-state index in [1.165, 1.54) is 13.8 Å². The summed E-state index contributed by atoms with van der Waals surface area (Å²) in [5.74, 6) is -1.41. The second kappa shape index (κ2) is 6.37. The first-order valence-electron chi connectivity index (χ1n) is 7.41. The fraction of sp³-hybridized carbons (Fsp3) is 0.857. The molecule has 0 amide bonds. The monoisotopic (exact) mass is 350 g/mol. The van der Waals surface area contributed by atoms with E-state index in [2.05, 4.69) is 0 Å². The molecular formula is C14H22O8S. The molecular weight excluding hydrogens is 328 g/mol. The van der Waals surface area contributed by atoms with Crippen LogP contribution < -0.4 is 0 Å². The molecule has 0 saturated carbocycles. The van der Waals surface area contributed by atoms with Gasteiger partial charge in [0.15, 0.2) is 0 Å². The molecule has 2 aliphatic heterocycles. The van der Waals surface area contributed by atoms with Crippen molar-refractivity contribution in [3.63, 3.8) is 0 Å². The molecule has 0 radical (unpaired) electrons. The average Bonchev–Trinajstić information content (AvgIpc) is 2.84. The number of ether oxygens (including phenoxy) is 3. The lowest BCUT2D eigenvalue weighted by molar-refractivity contribution is -0.166. The van der Waals surface area contributed by atoms with Crippen LogP contribution in [0.1, 0.15) is 34.1 Å². The first kappa shape index (κ1) is 18.2. The van der Waals surface area contributed by atoms with Gasteiger partial charge in [-0.1, -0.05) is 13.8 Å². The van der Waals surface area contributed by atoms with Crippen LogP contribution in [-0.4, -0.2) is 50.9 Å². The lowest BCUT2D eigenvalue weighted by atomic mass is 9.68. The minimum atomic E-state index is -3.10. The lowest BCUT2D eigenvalue weighted by Crippen LogP contribution is -2.53. The van der Waals surface area contributed by atoms with Crippen molar-refractivity contribution >= 4 is 22.9 Å². The van der Waals surface area contributed by atoms with Gasteiger partial charge in [-0.05, 0) is 12.3 Å². The van der Waals surface area contributed by atoms with Gasteiger partial charge in [-0.2, -0.15) is 0 Å². The third-order valence-electron chi connectivity index (χ3n) is 4.87. The lowest BCUT2D eigenvalue weighted by Gasteiger charge is -2.38. The van der Waals surface area contributed by atoms with Gasteiger partial charge in [0.05, 0.1) is 0 Å². The van der Waals surface area contributed by atoms with Crippen LogP contribution in [0.15, 0.2) is 0 Å². The van der Waals surface area contributed by atoms with Crippen molar-refractivity contribution in [1.29, 1.82) is 0 Å². The van der Waals surface area contributed by atoms with E-state index in [1.54, 1.807) is 6.92 Å². The van der Waals surface area contributed by atoms with Gasteiger partial charge in [0, 0.05) is 19.8 Å². The minimum absolute atomic E-state index is 0.00512. The molecule has 23 heavy (non-hydrogen) atoms. The molecule has 0 aliphatic carbocycles. The van der Waals surface area contributed by atoms with Crippen LogP contribution in [0, 0.1) is 11.8 Å². The van der Waals surface area contributed by atoms with Gasteiger partial charge in [0.1, 0.15) is 30.5 Å². The van der Waals surface area contributed by atoms with Gasteiger partial charge in [-0.25, -0.2) is 8.42 Å². The standard InChI is InChI=1S/C14H22O8S/c1-8-5-13(6-19-10(3)15)9(2)12(21-23(17)18)14(8,22-13)7-20-11(4)16/h8-9,12,23H,5-7H2,1-4H3. The predicted octanol–water partition coefficient (Wildman–Crippen LogP) is 0.208. The fourth-order valence-corrected chi connectivity index (χ4v) is 4.26. The molecule has 2 fully saturated rings. The quantitative estimate of drug-likeness (QED) is 0.535. The van der Waals surface area contributed by atoms with Crippen molar-refractivity contribution in [2.75, 3.05) is 13.2 Å². The zero-order chi connectivity index (χ0) is 17.4. The predicted molar refractivity (Wildman–Crippen MR) is 77.9 cm³/mol. The average molecular weight is 350 g/mol. The summed E-state index contributed by atoms with van der Waals surface area (Å²) in [5, 5.41) is 0. The minimum Gasteiger partial charge on any atom is -0.463 e. The maximum absolute atomic E-state index is 11.2. The molecule has 0 aromatic carbocycles. The molecule has 0 N–H and O–H groups in total. The summed E-state index contributed by atoms with van der Waals surface area (Å²) in [4.78, 5) is 22.3. The SMILES string of the molecule is CC(=O)OCC12CC(C)C(COC(C)=O)(O1)C(O[SH](=O)=O)C2C. The van der Waals surface area contributed by atoms with Crippen molar-refractivity contribution < 1.29 is 36.4 Å². The zero-order valence-corrected chi connectivity index (χ0v) is 14.5. The largest absolute Gasteiger partial charge is 0.463 e. The smallest absolute Gasteiger partial charge is 0.302 e. The number of carbonyl (C=O) groups excluding carboxylic acids is 2. The Bertz CT molecular complexity index is 565. The van der Waals surface area contributed by atoms with Crippen LogP contribution in [0.5, 0.6) is 0 Å². The first-order chi connectivity index (χ1) is 10.6. The number of thiol groups is 1. The van der Waals surface area contributed by atoms with E-state index >= 15 is 0 Å². The molecule has 132 valence electrons. The maximum Gasteiger partial charge on any atom is 0.302 e. The van der Waals surface area contributed by atoms with Crippen molar-refractivity contribution in [2.24, 2.45) is 11.8 Å². The summed E-state index contributed by atoms with van der Waals surface area (Å²) in [6.07, 6.45) is -0.250. The zero-order valence-electron chi connectivity index (χ0n) is 13.6. The number of hydrogen-bond donors (Lipinski definition) is 1. The summed E-state index contributed by atoms with van der Waals surface area (Å²) in [6, 6.07) is 0. The topological polar surface area (TPSA) is 105 Å². The van der Waals surface area contributed by atoms with Crippen LogP contribution in [0.4, 0.5) is 0 Å². The molecule has 5 atom stereocenters. The van der Waals surface area contributed by atoms with Gasteiger partial charge in [0.25, 0.3) is 11.0 Å². The molecule has 0 aromatic heterocycles. The second-order valence-electron chi connectivity index (χ2n) is 6.33. The highest BCUT2D eigenvalue weighted by Gasteiger charge is 2.71. The third kappa shape index (κ3) is 3.22. The van der Waals surface area contributed by atoms with E-state index in [0.29, 0.717) is 6.42 Å². The Morgan fingerprint density at radius 3 is 2.22 bits per heavy atom. The highest BCUT2D eigenvalue weighted by molar-refractivity contribution is 7.67. The molecule has 0 spiro atoms. The van der Waals surface area contributed by atoms with Gasteiger partial charge >= 0.3 is 11.9 Å². The Hall–Kier alpha value is -1.19. The summed E-state index contributed by atoms with van der Waals surface area (Å²) >= 11 is 0. The molecule has 2 aliphatic rings. The van der Waals surface area contributed by atoms with Crippen molar-refractivity contribution in [3.05, 3.63) is 0 Å². The number of hydrogen-bond acceptors (Lipinski definition) is 8. The fourth-order valence-electron chi connectivity index (χ4n) is 3.71. The molecule has 0 aromatic rings. The van der Waals surface area contributed by atoms with E-state index in [0.717, 1.165) is 0 Å². The van der Waals surface area contributed by atoms with E-state index in [-0.39, 0.29) is 25.0 Å². The molecule has 2 heterocycles. The van der Waals surface area contributed by atoms with Crippen molar-refractivity contribution in [1.82, 2.24) is 0 Å². The van der Waals surface area contributed by atoms with Crippen molar-refractivity contribution in [2.45, 2.75) is 51.4 Å². The van der Waals surface area contributed by atoms with E-state index < -0.39 is 40.2 Å². The highest BCUT2D eigenvalue weighted by atomic mass is 32.2. The van der Waals surface area contributed by atoms with Gasteiger partial charge in [-0.15, -0.1) is 0 Å². The van der Waals surface area contributed by atoms with Crippen LogP contribution in [0.25, 0.3) is 0 Å². The van der Waals surface area contributed by atoms with Crippen LogP contribution in [0.3, 0.4) is 0 Å². The summed E-state index contributed by atoms with van der Waals surface area (Å²) in [7, 11) is -3.10. The summed E-state index contributed by atoms with van der Waals surface area (Å²) in [6.45, 7) is 6.12. The number of rotatable bonds is 6. The van der Waals surface area contributed by atoms with Crippen LogP contribution in [-0.2, 0) is 39.0 Å². The Morgan fingerprint density at radius 1 is 1.13 bits per heavy atom. The number of esters is 2. The molecule has 2 saturated heterocycles. The van der Waals surface area contributed by atoms with Gasteiger partial charge in [-0.3, -0.25) is 13.8 Å². The Balaban J connectivity index is 2.32. The normalized spacial score (nSPS) is 38.7.